The van der Waals surface area contributed by atoms with E-state index in [1.54, 1.807) is 24.1 Å². The summed E-state index contributed by atoms with van der Waals surface area (Å²) in [6, 6.07) is 26.1. The number of nitrogens with zero attached hydrogens (tertiary/aromatic N) is 1. The first-order valence-electron chi connectivity index (χ1n) is 9.90. The highest BCUT2D eigenvalue weighted by Crippen LogP contribution is 2.18. The van der Waals surface area contributed by atoms with Crippen LogP contribution in [0, 0.1) is 0 Å². The predicted molar refractivity (Wildman–Crippen MR) is 120 cm³/mol. The van der Waals surface area contributed by atoms with Crippen LogP contribution in [0.4, 0.5) is 0 Å². The Morgan fingerprint density at radius 1 is 0.867 bits per heavy atom. The van der Waals surface area contributed by atoms with E-state index in [2.05, 4.69) is 5.32 Å². The number of rotatable bonds is 8. The van der Waals surface area contributed by atoms with Crippen LogP contribution >= 0.6 is 11.6 Å². The highest BCUT2D eigenvalue weighted by molar-refractivity contribution is 6.30. The van der Waals surface area contributed by atoms with Crippen molar-refractivity contribution < 1.29 is 9.59 Å². The Labute approximate surface area is 182 Å². The molecule has 0 aliphatic heterocycles. The summed E-state index contributed by atoms with van der Waals surface area (Å²) in [6.45, 7) is 0.352. The van der Waals surface area contributed by atoms with Gasteiger partial charge >= 0.3 is 0 Å². The van der Waals surface area contributed by atoms with E-state index in [1.807, 2.05) is 72.8 Å². The molecule has 1 N–H and O–H groups in total. The lowest BCUT2D eigenvalue weighted by Gasteiger charge is -2.31. The summed E-state index contributed by atoms with van der Waals surface area (Å²) in [6.07, 6.45) is 0.615. The van der Waals surface area contributed by atoms with Gasteiger partial charge in [-0.2, -0.15) is 0 Å². The number of hydrogen-bond acceptors (Lipinski definition) is 2. The topological polar surface area (TPSA) is 49.4 Å². The van der Waals surface area contributed by atoms with Crippen molar-refractivity contribution in [3.63, 3.8) is 0 Å². The molecule has 0 unspecified atom stereocenters. The van der Waals surface area contributed by atoms with E-state index in [-0.39, 0.29) is 18.2 Å². The second-order valence-corrected chi connectivity index (χ2v) is 7.57. The molecule has 0 saturated heterocycles. The van der Waals surface area contributed by atoms with Crippen molar-refractivity contribution >= 4 is 23.4 Å². The number of amides is 2. The molecule has 3 rings (SSSR count). The third-order valence-electron chi connectivity index (χ3n) is 4.96. The summed E-state index contributed by atoms with van der Waals surface area (Å²) in [5.41, 5.74) is 2.79. The first-order valence-corrected chi connectivity index (χ1v) is 10.3. The predicted octanol–water partition coefficient (Wildman–Crippen LogP) is 4.27. The summed E-state index contributed by atoms with van der Waals surface area (Å²) >= 11 is 6.09. The minimum absolute atomic E-state index is 0.120. The van der Waals surface area contributed by atoms with Gasteiger partial charge in [-0.05, 0) is 28.8 Å². The Balaban J connectivity index is 1.92. The summed E-state index contributed by atoms with van der Waals surface area (Å²) in [5, 5.41) is 3.31. The number of carbonyl (C=O) groups is 2. The fraction of sp³-hybridized carbons (Fsp3) is 0.200. The molecule has 0 bridgehead atoms. The average molecular weight is 421 g/mol. The van der Waals surface area contributed by atoms with E-state index in [4.69, 9.17) is 11.6 Å². The molecule has 3 aromatic carbocycles. The quantitative estimate of drug-likeness (QED) is 0.591. The van der Waals surface area contributed by atoms with Gasteiger partial charge in [0, 0.05) is 25.0 Å². The number of hydrogen-bond donors (Lipinski definition) is 1. The van der Waals surface area contributed by atoms with Crippen molar-refractivity contribution in [1.29, 1.82) is 0 Å². The van der Waals surface area contributed by atoms with Crippen LogP contribution in [0.1, 0.15) is 16.7 Å². The molecule has 30 heavy (non-hydrogen) atoms. The molecule has 0 saturated carbocycles. The molecule has 154 valence electrons. The van der Waals surface area contributed by atoms with Gasteiger partial charge in [-0.3, -0.25) is 9.59 Å². The molecule has 0 fully saturated rings. The van der Waals surface area contributed by atoms with Crippen LogP contribution in [0.5, 0.6) is 0 Å². The van der Waals surface area contributed by atoms with Crippen LogP contribution < -0.4 is 5.32 Å². The molecule has 0 aliphatic rings. The van der Waals surface area contributed by atoms with E-state index in [0.29, 0.717) is 18.0 Å². The molecular weight excluding hydrogens is 396 g/mol. The van der Waals surface area contributed by atoms with Gasteiger partial charge in [-0.15, -0.1) is 0 Å². The number of carbonyl (C=O) groups excluding carboxylic acids is 2. The Morgan fingerprint density at radius 3 is 2.07 bits per heavy atom. The first-order chi connectivity index (χ1) is 14.6. The second kappa shape index (κ2) is 10.6. The van der Waals surface area contributed by atoms with E-state index in [9.17, 15) is 9.59 Å². The van der Waals surface area contributed by atoms with Gasteiger partial charge in [0.05, 0.1) is 6.42 Å². The Kier molecular flexibility index (Phi) is 7.63. The highest BCUT2D eigenvalue weighted by atomic mass is 35.5. The largest absolute Gasteiger partial charge is 0.357 e. The van der Waals surface area contributed by atoms with Crippen molar-refractivity contribution in [3.8, 4) is 0 Å². The fourth-order valence-corrected chi connectivity index (χ4v) is 3.64. The SMILES string of the molecule is CNC(=O)[C@@H](Cc1ccccc1)N(Cc1ccccc1)C(=O)Cc1cccc(Cl)c1. The maximum Gasteiger partial charge on any atom is 0.242 e. The number of likely N-dealkylation sites (N-methyl/N-ethyl adjacent to an activating group) is 1. The van der Waals surface area contributed by atoms with Crippen LogP contribution in [-0.2, 0) is 29.0 Å². The molecular formula is C25H25ClN2O2. The van der Waals surface area contributed by atoms with Crippen LogP contribution in [0.15, 0.2) is 84.9 Å². The lowest BCUT2D eigenvalue weighted by Crippen LogP contribution is -2.50. The maximum absolute atomic E-state index is 13.4. The molecule has 4 nitrogen and oxygen atoms in total. The van der Waals surface area contributed by atoms with Gasteiger partial charge in [-0.25, -0.2) is 0 Å². The van der Waals surface area contributed by atoms with Gasteiger partial charge < -0.3 is 10.2 Å². The Bertz CT molecular complexity index is 977. The fourth-order valence-electron chi connectivity index (χ4n) is 3.42. The monoisotopic (exact) mass is 420 g/mol. The minimum Gasteiger partial charge on any atom is -0.357 e. The molecule has 0 heterocycles. The van der Waals surface area contributed by atoms with E-state index in [0.717, 1.165) is 16.7 Å². The van der Waals surface area contributed by atoms with Gasteiger partial charge in [0.1, 0.15) is 6.04 Å². The van der Waals surface area contributed by atoms with Crippen molar-refractivity contribution in [2.24, 2.45) is 0 Å². The summed E-state index contributed by atoms with van der Waals surface area (Å²) in [5.74, 6) is -0.306. The van der Waals surface area contributed by atoms with Gasteiger partial charge in [0.2, 0.25) is 11.8 Å². The zero-order valence-corrected chi connectivity index (χ0v) is 17.7. The second-order valence-electron chi connectivity index (χ2n) is 7.13. The number of nitrogens with one attached hydrogen (secondary N) is 1. The number of halogens is 1. The van der Waals surface area contributed by atoms with Crippen LogP contribution in [0.2, 0.25) is 5.02 Å². The third kappa shape index (κ3) is 5.94. The standard InChI is InChI=1S/C25H25ClN2O2/c1-27-25(30)23(16-19-9-4-2-5-10-19)28(18-20-11-6-3-7-12-20)24(29)17-21-13-8-14-22(26)15-21/h2-15,23H,16-18H2,1H3,(H,27,30)/t23-/m1/s1. The molecule has 0 aliphatic carbocycles. The Hall–Kier alpha value is -3.11. The average Bonchev–Trinajstić information content (AvgIpc) is 2.77. The van der Waals surface area contributed by atoms with E-state index >= 15 is 0 Å². The highest BCUT2D eigenvalue weighted by Gasteiger charge is 2.29. The zero-order chi connectivity index (χ0) is 21.3. The summed E-state index contributed by atoms with van der Waals surface area (Å²) in [7, 11) is 1.60. The maximum atomic E-state index is 13.4. The minimum atomic E-state index is -0.621. The van der Waals surface area contributed by atoms with Crippen molar-refractivity contribution in [2.45, 2.75) is 25.4 Å². The van der Waals surface area contributed by atoms with Crippen molar-refractivity contribution in [3.05, 3.63) is 107 Å². The molecule has 3 aromatic rings. The molecule has 0 spiro atoms. The van der Waals surface area contributed by atoms with Crippen LogP contribution in [0.25, 0.3) is 0 Å². The lowest BCUT2D eigenvalue weighted by atomic mass is 10.0. The van der Waals surface area contributed by atoms with Crippen LogP contribution in [0.3, 0.4) is 0 Å². The molecule has 0 radical (unpaired) electrons. The molecule has 5 heteroatoms. The summed E-state index contributed by atoms with van der Waals surface area (Å²) < 4.78 is 0. The van der Waals surface area contributed by atoms with Crippen molar-refractivity contribution in [2.75, 3.05) is 7.05 Å². The molecule has 2 amide bonds. The third-order valence-corrected chi connectivity index (χ3v) is 5.19. The zero-order valence-electron chi connectivity index (χ0n) is 16.9. The summed E-state index contributed by atoms with van der Waals surface area (Å²) in [4.78, 5) is 27.9. The molecule has 0 aromatic heterocycles. The smallest absolute Gasteiger partial charge is 0.242 e. The van der Waals surface area contributed by atoms with E-state index in [1.165, 1.54) is 0 Å². The number of benzene rings is 3. The first kappa shape index (κ1) is 21.6. The van der Waals surface area contributed by atoms with Gasteiger partial charge in [0.15, 0.2) is 0 Å². The lowest BCUT2D eigenvalue weighted by molar-refractivity contribution is -0.140. The van der Waals surface area contributed by atoms with Crippen molar-refractivity contribution in [1.82, 2.24) is 10.2 Å². The van der Waals surface area contributed by atoms with Gasteiger partial charge in [-0.1, -0.05) is 84.4 Å². The van der Waals surface area contributed by atoms with E-state index < -0.39 is 6.04 Å². The van der Waals surface area contributed by atoms with Gasteiger partial charge in [0.25, 0.3) is 0 Å². The normalized spacial score (nSPS) is 11.5. The molecule has 1 atom stereocenters. The van der Waals surface area contributed by atoms with Crippen LogP contribution in [-0.4, -0.2) is 29.8 Å². The Morgan fingerprint density at radius 2 is 1.47 bits per heavy atom.